The number of carbonyl (C=O) groups excluding carboxylic acids is 4. The van der Waals surface area contributed by atoms with Gasteiger partial charge in [-0.25, -0.2) is 13.1 Å². The Balaban J connectivity index is 0.771. The minimum Gasteiger partial charge on any atom is -0.491 e. The first-order valence-corrected chi connectivity index (χ1v) is 21.9. The molecule has 0 aliphatic carbocycles. The molecule has 4 aromatic rings. The molecule has 4 amide bonds. The van der Waals surface area contributed by atoms with Crippen molar-refractivity contribution in [2.75, 3.05) is 103 Å². The number of ether oxygens (including phenoxy) is 6. The van der Waals surface area contributed by atoms with E-state index in [1.165, 1.54) is 20.4 Å². The second-order valence-corrected chi connectivity index (χ2v) is 16.4. The number of fused-ring (bicyclic) bond motifs is 2. The van der Waals surface area contributed by atoms with Crippen LogP contribution in [0.1, 0.15) is 45.5 Å². The number of hydrogen-bond acceptors (Lipinski definition) is 17. The number of piperidine rings is 1. The molecule has 2 fully saturated rings. The zero-order chi connectivity index (χ0) is 46.3. The van der Waals surface area contributed by atoms with Gasteiger partial charge in [0, 0.05) is 51.4 Å². The van der Waals surface area contributed by atoms with Crippen LogP contribution in [-0.4, -0.2) is 161 Å². The Hall–Kier alpha value is -6.15. The number of carbonyl (C=O) groups is 4. The van der Waals surface area contributed by atoms with Gasteiger partial charge in [-0.3, -0.25) is 34.3 Å². The van der Waals surface area contributed by atoms with Gasteiger partial charge >= 0.3 is 12.2 Å². The third-order valence-corrected chi connectivity index (χ3v) is 12.0. The summed E-state index contributed by atoms with van der Waals surface area (Å²) in [4.78, 5) is 62.5. The van der Waals surface area contributed by atoms with E-state index in [1.807, 2.05) is 4.72 Å². The van der Waals surface area contributed by atoms with Crippen molar-refractivity contribution in [2.24, 2.45) is 0 Å². The number of benzene rings is 2. The Morgan fingerprint density at radius 1 is 0.846 bits per heavy atom. The summed E-state index contributed by atoms with van der Waals surface area (Å²) < 4.78 is 105. The van der Waals surface area contributed by atoms with Crippen molar-refractivity contribution < 1.29 is 69.2 Å². The van der Waals surface area contributed by atoms with E-state index >= 15 is 0 Å². The van der Waals surface area contributed by atoms with Crippen molar-refractivity contribution in [3.8, 4) is 17.5 Å². The summed E-state index contributed by atoms with van der Waals surface area (Å²) in [5, 5.41) is 6.17. The van der Waals surface area contributed by atoms with Gasteiger partial charge in [0.05, 0.1) is 70.1 Å². The molecule has 25 heteroatoms. The number of hydrogen-bond donors (Lipinski definition) is 2. The highest BCUT2D eigenvalue weighted by atomic mass is 32.2. The maximum absolute atomic E-state index is 14.1. The van der Waals surface area contributed by atoms with Crippen molar-refractivity contribution in [1.82, 2.24) is 34.7 Å². The molecule has 0 bridgehead atoms. The van der Waals surface area contributed by atoms with Gasteiger partial charge in [-0.2, -0.15) is 27.7 Å². The lowest BCUT2D eigenvalue weighted by molar-refractivity contribution is -0.140. The fraction of sp³-hybridized carbons (Fsp3) is 0.475. The zero-order valence-corrected chi connectivity index (χ0v) is 36.1. The summed E-state index contributed by atoms with van der Waals surface area (Å²) in [6.07, 6.45) is -2.86. The van der Waals surface area contributed by atoms with Crippen LogP contribution in [0.15, 0.2) is 47.5 Å². The van der Waals surface area contributed by atoms with Crippen molar-refractivity contribution in [3.63, 3.8) is 0 Å². The van der Waals surface area contributed by atoms with Crippen LogP contribution < -0.4 is 29.1 Å². The van der Waals surface area contributed by atoms with E-state index in [2.05, 4.69) is 30.2 Å². The van der Waals surface area contributed by atoms with Crippen LogP contribution >= 0.6 is 0 Å². The van der Waals surface area contributed by atoms with Crippen LogP contribution in [0.2, 0.25) is 0 Å². The number of piperazine rings is 1. The first-order valence-electron chi connectivity index (χ1n) is 20.5. The molecule has 21 nitrogen and oxygen atoms in total. The van der Waals surface area contributed by atoms with Crippen molar-refractivity contribution in [3.05, 3.63) is 59.3 Å². The molecule has 0 radical (unpaired) electrons. The number of sulfonamides is 1. The molecule has 1 unspecified atom stereocenters. The zero-order valence-electron chi connectivity index (χ0n) is 35.3. The lowest BCUT2D eigenvalue weighted by Gasteiger charge is -2.36. The summed E-state index contributed by atoms with van der Waals surface area (Å²) in [6.45, 7) is 4.93. The average molecular weight is 934 g/mol. The number of amides is 4. The maximum Gasteiger partial charge on any atom is 0.417 e. The number of halogens is 3. The summed E-state index contributed by atoms with van der Waals surface area (Å²) >= 11 is 0. The highest BCUT2D eigenvalue weighted by Gasteiger charge is 2.45. The normalized spacial score (nSPS) is 17.2. The molecule has 2 aromatic carbocycles. The number of anilines is 2. The minimum absolute atomic E-state index is 0.00684. The monoisotopic (exact) mass is 933 g/mol. The van der Waals surface area contributed by atoms with E-state index in [1.54, 1.807) is 18.2 Å². The molecule has 2 aromatic heterocycles. The van der Waals surface area contributed by atoms with Gasteiger partial charge < -0.3 is 33.3 Å². The SMILES string of the molecule is COc1cnc(OC)n2nc(NS(=O)(=O)c3c(OCCOCCOCCOCCCN4CCN(c5ccc6c(c5)C(=O)N(C5CCC(=O)NC5=O)C6=O)CC4)cccc3C(F)(F)F)nc12. The molecule has 65 heavy (non-hydrogen) atoms. The van der Waals surface area contributed by atoms with E-state index in [4.69, 9.17) is 28.4 Å². The van der Waals surface area contributed by atoms with E-state index in [9.17, 15) is 40.8 Å². The molecule has 350 valence electrons. The van der Waals surface area contributed by atoms with E-state index in [0.29, 0.717) is 39.0 Å². The maximum atomic E-state index is 14.1. The minimum atomic E-state index is -5.06. The van der Waals surface area contributed by atoms with Crippen LogP contribution in [0.3, 0.4) is 0 Å². The second kappa shape index (κ2) is 20.4. The molecule has 3 aliphatic heterocycles. The molecule has 0 spiro atoms. The first kappa shape index (κ1) is 46.8. The predicted molar refractivity (Wildman–Crippen MR) is 220 cm³/mol. The molecule has 7 rings (SSSR count). The third kappa shape index (κ3) is 10.7. The van der Waals surface area contributed by atoms with Gasteiger partial charge in [0.25, 0.3) is 27.8 Å². The number of rotatable bonds is 21. The number of nitrogens with zero attached hydrogens (tertiary/aromatic N) is 7. The third-order valence-electron chi connectivity index (χ3n) is 10.6. The van der Waals surface area contributed by atoms with E-state index in [-0.39, 0.29) is 67.8 Å². The van der Waals surface area contributed by atoms with Gasteiger partial charge in [-0.05, 0) is 43.2 Å². The average Bonchev–Trinajstić information content (AvgIpc) is 3.81. The van der Waals surface area contributed by atoms with Crippen LogP contribution in [0, 0.1) is 0 Å². The summed E-state index contributed by atoms with van der Waals surface area (Å²) in [6, 6.07) is 6.76. The molecule has 2 N–H and O–H groups in total. The van der Waals surface area contributed by atoms with Gasteiger partial charge in [0.1, 0.15) is 23.3 Å². The lowest BCUT2D eigenvalue weighted by Crippen LogP contribution is -2.54. The van der Waals surface area contributed by atoms with E-state index in [0.717, 1.165) is 53.3 Å². The number of methoxy groups -OCH3 is 2. The van der Waals surface area contributed by atoms with Gasteiger partial charge in [-0.15, -0.1) is 5.10 Å². The number of imide groups is 2. The standard InChI is InChI=1S/C40H46F3N9O12S/c1-59-31-24-44-39(60-2)52-34(31)46-38(47-52)48-65(57,58)33-28(40(41,42)43)5-3-6-30(33)64-22-21-63-20-19-62-18-17-61-16-4-11-49-12-14-50(15-13-49)25-7-8-26-27(23-25)37(56)51(36(26)55)29-9-10-32(53)45-35(29)54/h3,5-8,23-24,29H,4,9-22H2,1-2H3,(H,47,48)(H,45,53,54). The highest BCUT2D eigenvalue weighted by molar-refractivity contribution is 7.92. The van der Waals surface area contributed by atoms with Crippen molar-refractivity contribution in [1.29, 1.82) is 0 Å². The molecule has 5 heterocycles. The number of alkyl halides is 3. The smallest absolute Gasteiger partial charge is 0.417 e. The Kier molecular flexibility index (Phi) is 14.7. The Bertz CT molecular complexity index is 2480. The summed E-state index contributed by atoms with van der Waals surface area (Å²) in [5.41, 5.74) is -0.168. The van der Waals surface area contributed by atoms with Crippen molar-refractivity contribution >= 4 is 50.9 Å². The van der Waals surface area contributed by atoms with Crippen molar-refractivity contribution in [2.45, 2.75) is 36.4 Å². The second-order valence-electron chi connectivity index (χ2n) is 14.8. The molecule has 1 atom stereocenters. The molecular weight excluding hydrogens is 888 g/mol. The van der Waals surface area contributed by atoms with Crippen LogP contribution in [0.25, 0.3) is 5.65 Å². The van der Waals surface area contributed by atoms with Crippen LogP contribution in [0.5, 0.6) is 17.5 Å². The molecule has 3 aliphatic rings. The predicted octanol–water partition coefficient (Wildman–Crippen LogP) is 2.00. The van der Waals surface area contributed by atoms with Crippen LogP contribution in [-0.2, 0) is 40.0 Å². The first-order chi connectivity index (χ1) is 31.2. The van der Waals surface area contributed by atoms with E-state index < -0.39 is 68.0 Å². The quantitative estimate of drug-likeness (QED) is 0.0898. The Morgan fingerprint density at radius 2 is 1.54 bits per heavy atom. The highest BCUT2D eigenvalue weighted by Crippen LogP contribution is 2.40. The number of aromatic nitrogens is 4. The van der Waals surface area contributed by atoms with Gasteiger partial charge in [-0.1, -0.05) is 6.07 Å². The molecular formula is C40H46F3N9O12S. The largest absolute Gasteiger partial charge is 0.491 e. The molecule has 0 saturated carbocycles. The summed E-state index contributed by atoms with van der Waals surface area (Å²) in [5.74, 6) is -3.19. The number of nitrogens with one attached hydrogen (secondary N) is 2. The molecule has 2 saturated heterocycles. The topological polar surface area (TPSA) is 235 Å². The fourth-order valence-corrected chi connectivity index (χ4v) is 8.78. The van der Waals surface area contributed by atoms with Gasteiger partial charge in [0.2, 0.25) is 17.5 Å². The van der Waals surface area contributed by atoms with Crippen LogP contribution in [0.4, 0.5) is 24.8 Å². The Morgan fingerprint density at radius 3 is 2.22 bits per heavy atom. The lowest BCUT2D eigenvalue weighted by atomic mass is 10.0. The summed E-state index contributed by atoms with van der Waals surface area (Å²) in [7, 11) is -2.38. The Labute approximate surface area is 370 Å². The fourth-order valence-electron chi connectivity index (χ4n) is 7.49. The van der Waals surface area contributed by atoms with Gasteiger partial charge in [0.15, 0.2) is 5.75 Å².